The molecule has 0 saturated carbocycles. The van der Waals surface area contributed by atoms with E-state index in [1.165, 1.54) is 0 Å². The lowest BCUT2D eigenvalue weighted by Crippen LogP contribution is -2.00. The molecule has 2 heterocycles. The third kappa shape index (κ3) is 2.07. The van der Waals surface area contributed by atoms with Gasteiger partial charge in [0, 0.05) is 34.6 Å². The Balaban J connectivity index is 2.37. The number of aryl methyl sites for hydroxylation is 1. The van der Waals surface area contributed by atoms with E-state index < -0.39 is 5.82 Å². The molecule has 21 heavy (non-hydrogen) atoms. The van der Waals surface area contributed by atoms with E-state index in [2.05, 4.69) is 9.97 Å². The number of pyridine rings is 2. The van der Waals surface area contributed by atoms with Gasteiger partial charge in [0.2, 0.25) is 0 Å². The smallest absolute Gasteiger partial charge is 0.154 e. The van der Waals surface area contributed by atoms with Crippen molar-refractivity contribution < 1.29 is 4.39 Å². The Morgan fingerprint density at radius 3 is 2.52 bits per heavy atom. The molecule has 0 saturated heterocycles. The molecule has 0 aliphatic carbocycles. The topological polar surface area (TPSA) is 77.8 Å². The molecule has 0 aliphatic heterocycles. The van der Waals surface area contributed by atoms with E-state index in [0.717, 1.165) is 16.6 Å². The van der Waals surface area contributed by atoms with Crippen molar-refractivity contribution in [3.8, 4) is 11.1 Å². The van der Waals surface area contributed by atoms with Crippen LogP contribution < -0.4 is 11.5 Å². The zero-order chi connectivity index (χ0) is 15.1. The van der Waals surface area contributed by atoms with Crippen LogP contribution in [0, 0.1) is 19.7 Å². The fourth-order valence-electron chi connectivity index (χ4n) is 2.42. The number of aromatic nitrogens is 2. The Kier molecular flexibility index (Phi) is 2.97. The molecule has 3 rings (SSSR count). The zero-order valence-corrected chi connectivity index (χ0v) is 11.8. The summed E-state index contributed by atoms with van der Waals surface area (Å²) in [7, 11) is 0. The fraction of sp³-hybridized carbons (Fsp3) is 0.125. The Morgan fingerprint density at radius 2 is 1.76 bits per heavy atom. The van der Waals surface area contributed by atoms with Crippen LogP contribution in [0.15, 0.2) is 30.7 Å². The van der Waals surface area contributed by atoms with Gasteiger partial charge in [0.05, 0.1) is 17.6 Å². The molecule has 0 spiro atoms. The predicted octanol–water partition coefficient (Wildman–Crippen LogP) is 3.22. The third-order valence-electron chi connectivity index (χ3n) is 3.68. The fourth-order valence-corrected chi connectivity index (χ4v) is 2.42. The molecule has 0 amide bonds. The standard InChI is InChI=1S/C16H15FN4/c1-8-3-10-4-11(12-5-20-7-14(18)9(12)2)15(17)16(19)13(10)6-21-8/h3-7H,18-19H2,1-2H3. The van der Waals surface area contributed by atoms with Gasteiger partial charge in [0.15, 0.2) is 5.82 Å². The summed E-state index contributed by atoms with van der Waals surface area (Å²) in [6.45, 7) is 3.72. The van der Waals surface area contributed by atoms with Crippen LogP contribution in [0.25, 0.3) is 21.9 Å². The summed E-state index contributed by atoms with van der Waals surface area (Å²) in [5.41, 5.74) is 15.1. The van der Waals surface area contributed by atoms with E-state index in [9.17, 15) is 4.39 Å². The Morgan fingerprint density at radius 1 is 1.00 bits per heavy atom. The van der Waals surface area contributed by atoms with Gasteiger partial charge in [-0.25, -0.2) is 4.39 Å². The number of hydrogen-bond acceptors (Lipinski definition) is 4. The van der Waals surface area contributed by atoms with E-state index in [1.807, 2.05) is 19.9 Å². The number of benzene rings is 1. The Hall–Kier alpha value is -2.69. The number of rotatable bonds is 1. The maximum Gasteiger partial charge on any atom is 0.154 e. The van der Waals surface area contributed by atoms with E-state index in [1.54, 1.807) is 24.7 Å². The minimum absolute atomic E-state index is 0.0943. The van der Waals surface area contributed by atoms with Crippen LogP contribution in [0.3, 0.4) is 0 Å². The van der Waals surface area contributed by atoms with Crippen LogP contribution in [-0.2, 0) is 0 Å². The van der Waals surface area contributed by atoms with Gasteiger partial charge in [0.1, 0.15) is 0 Å². The van der Waals surface area contributed by atoms with Crippen LogP contribution in [0.1, 0.15) is 11.3 Å². The minimum Gasteiger partial charge on any atom is -0.397 e. The first-order valence-corrected chi connectivity index (χ1v) is 6.54. The highest BCUT2D eigenvalue weighted by molar-refractivity contribution is 5.97. The molecule has 0 radical (unpaired) electrons. The lowest BCUT2D eigenvalue weighted by Gasteiger charge is -2.12. The SMILES string of the molecule is Cc1cc2cc(-c3cncc(N)c3C)c(F)c(N)c2cn1. The molecule has 1 aromatic carbocycles. The molecule has 4 N–H and O–H groups in total. The van der Waals surface area contributed by atoms with Gasteiger partial charge >= 0.3 is 0 Å². The predicted molar refractivity (Wildman–Crippen MR) is 83.2 cm³/mol. The van der Waals surface area contributed by atoms with Crippen LogP contribution in [0.5, 0.6) is 0 Å². The number of nitrogens with two attached hydrogens (primary N) is 2. The molecule has 0 bridgehead atoms. The zero-order valence-electron chi connectivity index (χ0n) is 11.8. The first-order chi connectivity index (χ1) is 9.99. The van der Waals surface area contributed by atoms with Crippen molar-refractivity contribution >= 4 is 22.1 Å². The largest absolute Gasteiger partial charge is 0.397 e. The van der Waals surface area contributed by atoms with E-state index in [4.69, 9.17) is 11.5 Å². The molecule has 0 aliphatic rings. The number of nitrogen functional groups attached to an aromatic ring is 2. The van der Waals surface area contributed by atoms with Gasteiger partial charge in [-0.15, -0.1) is 0 Å². The molecule has 0 atom stereocenters. The number of nitrogens with zero attached hydrogens (tertiary/aromatic N) is 2. The number of hydrogen-bond donors (Lipinski definition) is 2. The van der Waals surface area contributed by atoms with Gasteiger partial charge in [-0.05, 0) is 36.9 Å². The molecule has 4 nitrogen and oxygen atoms in total. The first kappa shape index (κ1) is 13.3. The summed E-state index contributed by atoms with van der Waals surface area (Å²) in [6, 6.07) is 3.64. The maximum absolute atomic E-state index is 14.6. The molecule has 2 aromatic heterocycles. The van der Waals surface area contributed by atoms with Gasteiger partial charge < -0.3 is 11.5 Å². The van der Waals surface area contributed by atoms with Gasteiger partial charge in [-0.1, -0.05) is 0 Å². The molecular weight excluding hydrogens is 267 g/mol. The van der Waals surface area contributed by atoms with Crippen molar-refractivity contribution in [1.29, 1.82) is 0 Å². The maximum atomic E-state index is 14.6. The number of halogens is 1. The van der Waals surface area contributed by atoms with Crippen molar-refractivity contribution in [2.24, 2.45) is 0 Å². The van der Waals surface area contributed by atoms with Gasteiger partial charge in [-0.2, -0.15) is 0 Å². The average molecular weight is 282 g/mol. The monoisotopic (exact) mass is 282 g/mol. The normalized spacial score (nSPS) is 11.0. The average Bonchev–Trinajstić information content (AvgIpc) is 2.46. The third-order valence-corrected chi connectivity index (χ3v) is 3.68. The molecule has 0 fully saturated rings. The summed E-state index contributed by atoms with van der Waals surface area (Å²) < 4.78 is 14.6. The van der Waals surface area contributed by atoms with Gasteiger partial charge in [-0.3, -0.25) is 9.97 Å². The minimum atomic E-state index is -0.469. The van der Waals surface area contributed by atoms with Crippen molar-refractivity contribution in [2.75, 3.05) is 11.5 Å². The number of fused-ring (bicyclic) bond motifs is 1. The second-order valence-corrected chi connectivity index (χ2v) is 5.10. The van der Waals surface area contributed by atoms with Crippen molar-refractivity contribution in [3.05, 3.63) is 47.8 Å². The lowest BCUT2D eigenvalue weighted by atomic mass is 9.97. The van der Waals surface area contributed by atoms with E-state index >= 15 is 0 Å². The molecule has 3 aromatic rings. The summed E-state index contributed by atoms with van der Waals surface area (Å²) in [6.07, 6.45) is 4.75. The van der Waals surface area contributed by atoms with Crippen molar-refractivity contribution in [3.63, 3.8) is 0 Å². The first-order valence-electron chi connectivity index (χ1n) is 6.54. The van der Waals surface area contributed by atoms with Crippen LogP contribution >= 0.6 is 0 Å². The highest BCUT2D eigenvalue weighted by Gasteiger charge is 2.15. The lowest BCUT2D eigenvalue weighted by molar-refractivity contribution is 0.637. The molecule has 0 unspecified atom stereocenters. The van der Waals surface area contributed by atoms with E-state index in [0.29, 0.717) is 22.2 Å². The van der Waals surface area contributed by atoms with Crippen LogP contribution in [0.4, 0.5) is 15.8 Å². The van der Waals surface area contributed by atoms with Crippen LogP contribution in [0.2, 0.25) is 0 Å². The highest BCUT2D eigenvalue weighted by Crippen LogP contribution is 2.35. The summed E-state index contributed by atoms with van der Waals surface area (Å²) in [5.74, 6) is -0.469. The number of anilines is 2. The van der Waals surface area contributed by atoms with Crippen molar-refractivity contribution in [1.82, 2.24) is 9.97 Å². The second kappa shape index (κ2) is 4.70. The molecule has 106 valence electrons. The molecular formula is C16H15FN4. The summed E-state index contributed by atoms with van der Waals surface area (Å²) in [5, 5.41) is 1.45. The van der Waals surface area contributed by atoms with Crippen LogP contribution in [-0.4, -0.2) is 9.97 Å². The van der Waals surface area contributed by atoms with Gasteiger partial charge in [0.25, 0.3) is 0 Å². The second-order valence-electron chi connectivity index (χ2n) is 5.10. The highest BCUT2D eigenvalue weighted by atomic mass is 19.1. The van der Waals surface area contributed by atoms with E-state index in [-0.39, 0.29) is 5.69 Å². The summed E-state index contributed by atoms with van der Waals surface area (Å²) in [4.78, 5) is 8.21. The van der Waals surface area contributed by atoms with Crippen molar-refractivity contribution in [2.45, 2.75) is 13.8 Å². The summed E-state index contributed by atoms with van der Waals surface area (Å²) >= 11 is 0. The quantitative estimate of drug-likeness (QED) is 0.672. The molecule has 5 heteroatoms. The Bertz CT molecular complexity index is 859. The Labute approximate surface area is 121 Å².